The molecule has 0 aromatic heterocycles. The van der Waals surface area contributed by atoms with Crippen molar-refractivity contribution >= 4 is 15.9 Å². The standard InChI is InChI=1S/C14H22BrNO2/c1-3-17-7-4-8-18-13-5-6-14(15)12(10-13)9-11(2)16/h5-6,10-11H,3-4,7-9,16H2,1-2H3. The van der Waals surface area contributed by atoms with Crippen molar-refractivity contribution in [3.8, 4) is 5.75 Å². The summed E-state index contributed by atoms with van der Waals surface area (Å²) in [7, 11) is 0. The third-order valence-corrected chi connectivity index (χ3v) is 3.24. The van der Waals surface area contributed by atoms with Crippen LogP contribution in [-0.2, 0) is 11.2 Å². The number of hydrogen-bond acceptors (Lipinski definition) is 3. The summed E-state index contributed by atoms with van der Waals surface area (Å²) < 4.78 is 12.0. The van der Waals surface area contributed by atoms with E-state index < -0.39 is 0 Å². The lowest BCUT2D eigenvalue weighted by Crippen LogP contribution is -2.18. The first-order valence-corrected chi connectivity index (χ1v) is 7.17. The van der Waals surface area contributed by atoms with Gasteiger partial charge in [0.25, 0.3) is 0 Å². The molecule has 3 nitrogen and oxygen atoms in total. The number of ether oxygens (including phenoxy) is 2. The highest BCUT2D eigenvalue weighted by Crippen LogP contribution is 2.23. The summed E-state index contributed by atoms with van der Waals surface area (Å²) in [5.74, 6) is 0.894. The van der Waals surface area contributed by atoms with E-state index in [1.54, 1.807) is 0 Å². The van der Waals surface area contributed by atoms with Gasteiger partial charge < -0.3 is 15.2 Å². The summed E-state index contributed by atoms with van der Waals surface area (Å²) in [6.45, 7) is 6.19. The van der Waals surface area contributed by atoms with Gasteiger partial charge in [-0.2, -0.15) is 0 Å². The van der Waals surface area contributed by atoms with Crippen LogP contribution in [0.1, 0.15) is 25.8 Å². The highest BCUT2D eigenvalue weighted by atomic mass is 79.9. The summed E-state index contributed by atoms with van der Waals surface area (Å²) in [6.07, 6.45) is 1.75. The van der Waals surface area contributed by atoms with Gasteiger partial charge in [0, 0.05) is 30.1 Å². The van der Waals surface area contributed by atoms with Crippen LogP contribution in [-0.4, -0.2) is 25.9 Å². The van der Waals surface area contributed by atoms with E-state index in [0.717, 1.165) is 36.3 Å². The van der Waals surface area contributed by atoms with Crippen LogP contribution in [0.3, 0.4) is 0 Å². The first-order chi connectivity index (χ1) is 8.63. The molecule has 0 amide bonds. The predicted octanol–water partition coefficient (Wildman–Crippen LogP) is 3.14. The molecule has 0 bridgehead atoms. The van der Waals surface area contributed by atoms with Gasteiger partial charge in [0.15, 0.2) is 0 Å². The van der Waals surface area contributed by atoms with Gasteiger partial charge in [-0.3, -0.25) is 0 Å². The topological polar surface area (TPSA) is 44.5 Å². The summed E-state index contributed by atoms with van der Waals surface area (Å²) in [6, 6.07) is 6.17. The molecule has 0 aliphatic carbocycles. The second kappa shape index (κ2) is 8.51. The third kappa shape index (κ3) is 5.85. The van der Waals surface area contributed by atoms with Crippen molar-refractivity contribution in [1.29, 1.82) is 0 Å². The lowest BCUT2D eigenvalue weighted by atomic mass is 10.1. The summed E-state index contributed by atoms with van der Waals surface area (Å²) in [5, 5.41) is 0. The van der Waals surface area contributed by atoms with Crippen LogP contribution in [0.4, 0.5) is 0 Å². The summed E-state index contributed by atoms with van der Waals surface area (Å²) >= 11 is 3.53. The van der Waals surface area contributed by atoms with Gasteiger partial charge in [-0.25, -0.2) is 0 Å². The number of hydrogen-bond donors (Lipinski definition) is 1. The smallest absolute Gasteiger partial charge is 0.119 e. The minimum absolute atomic E-state index is 0.148. The van der Waals surface area contributed by atoms with Crippen molar-refractivity contribution in [1.82, 2.24) is 0 Å². The van der Waals surface area contributed by atoms with E-state index in [9.17, 15) is 0 Å². The molecule has 4 heteroatoms. The Morgan fingerprint density at radius 3 is 2.78 bits per heavy atom. The highest BCUT2D eigenvalue weighted by Gasteiger charge is 2.05. The molecule has 0 saturated heterocycles. The van der Waals surface area contributed by atoms with Crippen LogP contribution in [0.2, 0.25) is 0 Å². The number of halogens is 1. The molecule has 2 N–H and O–H groups in total. The van der Waals surface area contributed by atoms with Gasteiger partial charge in [0.2, 0.25) is 0 Å². The minimum atomic E-state index is 0.148. The lowest BCUT2D eigenvalue weighted by Gasteiger charge is -2.11. The zero-order valence-corrected chi connectivity index (χ0v) is 12.7. The first kappa shape index (κ1) is 15.5. The maximum Gasteiger partial charge on any atom is 0.119 e. The fourth-order valence-corrected chi connectivity index (χ4v) is 2.05. The normalized spacial score (nSPS) is 12.4. The Balaban J connectivity index is 2.46. The molecule has 0 aliphatic heterocycles. The number of rotatable bonds is 8. The van der Waals surface area contributed by atoms with E-state index in [0.29, 0.717) is 6.61 Å². The van der Waals surface area contributed by atoms with Crippen molar-refractivity contribution in [2.75, 3.05) is 19.8 Å². The summed E-state index contributed by atoms with van der Waals surface area (Å²) in [4.78, 5) is 0. The fourth-order valence-electron chi connectivity index (χ4n) is 1.64. The molecule has 0 spiro atoms. The van der Waals surface area contributed by atoms with Gasteiger partial charge in [0.1, 0.15) is 5.75 Å². The molecule has 1 atom stereocenters. The average Bonchev–Trinajstić information content (AvgIpc) is 2.32. The number of benzene rings is 1. The Morgan fingerprint density at radius 2 is 2.11 bits per heavy atom. The van der Waals surface area contributed by atoms with Crippen LogP contribution in [0.15, 0.2) is 22.7 Å². The van der Waals surface area contributed by atoms with E-state index in [-0.39, 0.29) is 6.04 Å². The van der Waals surface area contributed by atoms with Gasteiger partial charge in [0.05, 0.1) is 6.61 Å². The predicted molar refractivity (Wildman–Crippen MR) is 78.1 cm³/mol. The Morgan fingerprint density at radius 1 is 1.33 bits per heavy atom. The molecule has 1 aromatic carbocycles. The zero-order chi connectivity index (χ0) is 13.4. The minimum Gasteiger partial charge on any atom is -0.493 e. The molecular formula is C14H22BrNO2. The maximum atomic E-state index is 5.82. The van der Waals surface area contributed by atoms with E-state index in [1.807, 2.05) is 32.0 Å². The van der Waals surface area contributed by atoms with Crippen LogP contribution in [0, 0.1) is 0 Å². The Hall–Kier alpha value is -0.580. The molecule has 0 saturated carbocycles. The second-order valence-corrected chi connectivity index (χ2v) is 5.19. The highest BCUT2D eigenvalue weighted by molar-refractivity contribution is 9.10. The second-order valence-electron chi connectivity index (χ2n) is 4.33. The van der Waals surface area contributed by atoms with E-state index >= 15 is 0 Å². The van der Waals surface area contributed by atoms with Gasteiger partial charge in [-0.05, 0) is 44.0 Å². The molecule has 1 unspecified atom stereocenters. The molecule has 18 heavy (non-hydrogen) atoms. The van der Waals surface area contributed by atoms with Crippen LogP contribution in [0.25, 0.3) is 0 Å². The monoisotopic (exact) mass is 315 g/mol. The third-order valence-electron chi connectivity index (χ3n) is 2.46. The van der Waals surface area contributed by atoms with E-state index in [2.05, 4.69) is 15.9 Å². The average molecular weight is 316 g/mol. The van der Waals surface area contributed by atoms with Crippen molar-refractivity contribution in [2.24, 2.45) is 5.73 Å². The van der Waals surface area contributed by atoms with Crippen LogP contribution in [0.5, 0.6) is 5.75 Å². The molecule has 0 radical (unpaired) electrons. The van der Waals surface area contributed by atoms with Crippen molar-refractivity contribution in [3.63, 3.8) is 0 Å². The quantitative estimate of drug-likeness (QED) is 0.749. The fraction of sp³-hybridized carbons (Fsp3) is 0.571. The Labute approximate surface area is 118 Å². The molecule has 102 valence electrons. The molecule has 1 rings (SSSR count). The van der Waals surface area contributed by atoms with Gasteiger partial charge in [-0.1, -0.05) is 15.9 Å². The zero-order valence-electron chi connectivity index (χ0n) is 11.1. The molecule has 0 heterocycles. The molecule has 1 aromatic rings. The molecule has 0 fully saturated rings. The molecule has 0 aliphatic rings. The maximum absolute atomic E-state index is 5.82. The van der Waals surface area contributed by atoms with Crippen LogP contribution >= 0.6 is 15.9 Å². The Bertz CT molecular complexity index is 356. The van der Waals surface area contributed by atoms with E-state index in [4.69, 9.17) is 15.2 Å². The molecular weight excluding hydrogens is 294 g/mol. The Kier molecular flexibility index (Phi) is 7.32. The number of nitrogens with two attached hydrogens (primary N) is 1. The first-order valence-electron chi connectivity index (χ1n) is 6.38. The summed E-state index contributed by atoms with van der Waals surface area (Å²) in [5.41, 5.74) is 7.01. The van der Waals surface area contributed by atoms with E-state index in [1.165, 1.54) is 5.56 Å². The van der Waals surface area contributed by atoms with Gasteiger partial charge in [-0.15, -0.1) is 0 Å². The van der Waals surface area contributed by atoms with Crippen LogP contribution < -0.4 is 10.5 Å². The SMILES string of the molecule is CCOCCCOc1ccc(Br)c(CC(C)N)c1. The van der Waals surface area contributed by atoms with Crippen molar-refractivity contribution in [2.45, 2.75) is 32.7 Å². The van der Waals surface area contributed by atoms with Crippen molar-refractivity contribution in [3.05, 3.63) is 28.2 Å². The largest absolute Gasteiger partial charge is 0.493 e. The lowest BCUT2D eigenvalue weighted by molar-refractivity contribution is 0.131. The van der Waals surface area contributed by atoms with Gasteiger partial charge >= 0.3 is 0 Å². The van der Waals surface area contributed by atoms with Crippen molar-refractivity contribution < 1.29 is 9.47 Å².